The van der Waals surface area contributed by atoms with Gasteiger partial charge in [0.1, 0.15) is 5.75 Å². The third kappa shape index (κ3) is 5.37. The molecule has 0 saturated carbocycles. The summed E-state index contributed by atoms with van der Waals surface area (Å²) in [6, 6.07) is 24.5. The Labute approximate surface area is 186 Å². The first-order valence-corrected chi connectivity index (χ1v) is 10.6. The van der Waals surface area contributed by atoms with Crippen molar-refractivity contribution in [2.24, 2.45) is 0 Å². The summed E-state index contributed by atoms with van der Waals surface area (Å²) in [6.45, 7) is 2.70. The van der Waals surface area contributed by atoms with Gasteiger partial charge in [0.2, 0.25) is 5.82 Å². The monoisotopic (exact) mass is 428 g/mol. The van der Waals surface area contributed by atoms with Crippen molar-refractivity contribution in [1.29, 1.82) is 0 Å². The number of nitrogens with zero attached hydrogens (tertiary/aromatic N) is 3. The van der Waals surface area contributed by atoms with Crippen LogP contribution in [-0.2, 0) is 9.53 Å². The zero-order valence-electron chi connectivity index (χ0n) is 17.8. The number of hydrogen-bond acceptors (Lipinski definition) is 6. The minimum absolute atomic E-state index is 0.183. The van der Waals surface area contributed by atoms with E-state index in [1.54, 1.807) is 6.92 Å². The van der Waals surface area contributed by atoms with E-state index in [1.165, 1.54) is 0 Å². The van der Waals surface area contributed by atoms with Crippen molar-refractivity contribution in [3.63, 3.8) is 0 Å². The largest absolute Gasteiger partial charge is 0.494 e. The molecule has 4 rings (SSSR count). The highest BCUT2D eigenvalue weighted by molar-refractivity contribution is 5.72. The Morgan fingerprint density at radius 1 is 0.812 bits per heavy atom. The quantitative estimate of drug-likeness (QED) is 0.301. The first-order chi connectivity index (χ1) is 15.7. The number of nitrogens with one attached hydrogen (secondary N) is 1. The van der Waals surface area contributed by atoms with E-state index >= 15 is 0 Å². The average Bonchev–Trinajstić information content (AvgIpc) is 3.38. The van der Waals surface area contributed by atoms with Gasteiger partial charge in [0.25, 0.3) is 0 Å². The van der Waals surface area contributed by atoms with Gasteiger partial charge in [0, 0.05) is 12.0 Å². The molecule has 0 aliphatic carbocycles. The Balaban J connectivity index is 1.34. The molecule has 3 aromatic carbocycles. The van der Waals surface area contributed by atoms with E-state index in [4.69, 9.17) is 9.47 Å². The summed E-state index contributed by atoms with van der Waals surface area (Å²) in [4.78, 5) is 11.3. The molecule has 0 spiro atoms. The smallest absolute Gasteiger partial charge is 0.305 e. The zero-order valence-corrected chi connectivity index (χ0v) is 17.8. The first kappa shape index (κ1) is 21.2. The van der Waals surface area contributed by atoms with E-state index < -0.39 is 0 Å². The average molecular weight is 428 g/mol. The summed E-state index contributed by atoms with van der Waals surface area (Å²) in [7, 11) is 0. The summed E-state index contributed by atoms with van der Waals surface area (Å²) in [6.07, 6.45) is 1.01. The number of carbonyl (C=O) groups excluding carboxylic acids is 1. The molecule has 0 amide bonds. The number of aromatic amines is 1. The lowest BCUT2D eigenvalue weighted by Gasteiger charge is -2.08. The Bertz CT molecular complexity index is 1120. The third-order valence-corrected chi connectivity index (χ3v) is 4.99. The molecule has 0 aliphatic heterocycles. The number of H-pyrrole nitrogens is 1. The van der Waals surface area contributed by atoms with Gasteiger partial charge >= 0.3 is 5.97 Å². The van der Waals surface area contributed by atoms with Crippen LogP contribution >= 0.6 is 0 Å². The molecule has 7 heteroatoms. The summed E-state index contributed by atoms with van der Waals surface area (Å²) < 4.78 is 10.6. The van der Waals surface area contributed by atoms with E-state index in [1.807, 2.05) is 36.4 Å². The summed E-state index contributed by atoms with van der Waals surface area (Å²) >= 11 is 0. The predicted octanol–water partition coefficient (Wildman–Crippen LogP) is 4.92. The lowest BCUT2D eigenvalue weighted by atomic mass is 9.99. The summed E-state index contributed by atoms with van der Waals surface area (Å²) in [5.41, 5.74) is 5.42. The van der Waals surface area contributed by atoms with Crippen LogP contribution in [0.1, 0.15) is 19.8 Å². The number of rotatable bonds is 9. The molecular weight excluding hydrogens is 404 g/mol. The molecule has 0 bridgehead atoms. The number of ether oxygens (including phenoxy) is 2. The fourth-order valence-electron chi connectivity index (χ4n) is 3.33. The number of aromatic nitrogens is 4. The maximum absolute atomic E-state index is 11.3. The Kier molecular flexibility index (Phi) is 6.87. The molecule has 162 valence electrons. The molecule has 0 aliphatic rings. The van der Waals surface area contributed by atoms with Crippen LogP contribution in [0.25, 0.3) is 33.6 Å². The third-order valence-electron chi connectivity index (χ3n) is 4.99. The second-order valence-electron chi connectivity index (χ2n) is 7.17. The van der Waals surface area contributed by atoms with Gasteiger partial charge in [-0.25, -0.2) is 0 Å². The summed E-state index contributed by atoms with van der Waals surface area (Å²) in [5.74, 6) is 1.19. The van der Waals surface area contributed by atoms with Gasteiger partial charge in [0.15, 0.2) is 0 Å². The molecule has 0 radical (unpaired) electrons. The molecule has 0 atom stereocenters. The van der Waals surface area contributed by atoms with Crippen LogP contribution in [0, 0.1) is 0 Å². The molecular formula is C25H24N4O3. The minimum Gasteiger partial charge on any atom is -0.494 e. The van der Waals surface area contributed by atoms with Crippen molar-refractivity contribution in [2.75, 3.05) is 13.2 Å². The number of carbonyl (C=O) groups is 1. The Hall–Kier alpha value is -4.00. The van der Waals surface area contributed by atoms with Gasteiger partial charge in [-0.2, -0.15) is 5.21 Å². The van der Waals surface area contributed by atoms with Crippen LogP contribution in [0.2, 0.25) is 0 Å². The molecule has 0 unspecified atom stereocenters. The molecule has 0 fully saturated rings. The maximum Gasteiger partial charge on any atom is 0.305 e. The van der Waals surface area contributed by atoms with Gasteiger partial charge < -0.3 is 9.47 Å². The highest BCUT2D eigenvalue weighted by Gasteiger charge is 2.05. The van der Waals surface area contributed by atoms with Crippen LogP contribution in [0.5, 0.6) is 5.75 Å². The molecule has 1 aromatic heterocycles. The Morgan fingerprint density at radius 3 is 1.84 bits per heavy atom. The van der Waals surface area contributed by atoms with Crippen LogP contribution < -0.4 is 4.74 Å². The highest BCUT2D eigenvalue weighted by atomic mass is 16.5. The number of esters is 1. The number of tetrazole rings is 1. The van der Waals surface area contributed by atoms with Gasteiger partial charge in [0.05, 0.1) is 13.2 Å². The van der Waals surface area contributed by atoms with Crippen molar-refractivity contribution in [1.82, 2.24) is 20.6 Å². The fraction of sp³-hybridized carbons (Fsp3) is 0.200. The van der Waals surface area contributed by atoms with E-state index in [0.29, 0.717) is 31.9 Å². The van der Waals surface area contributed by atoms with E-state index in [0.717, 1.165) is 33.6 Å². The SMILES string of the molecule is CCOC(=O)CCCOc1ccc(-c2ccc(-c3ccc(-c4nn[nH]n4)cc3)cc2)cc1. The van der Waals surface area contributed by atoms with E-state index in [9.17, 15) is 4.79 Å². The van der Waals surface area contributed by atoms with Gasteiger partial charge in [-0.1, -0.05) is 60.7 Å². The van der Waals surface area contributed by atoms with E-state index in [-0.39, 0.29) is 5.97 Å². The van der Waals surface area contributed by atoms with Crippen molar-refractivity contribution in [2.45, 2.75) is 19.8 Å². The fourth-order valence-corrected chi connectivity index (χ4v) is 3.33. The molecule has 1 heterocycles. The minimum atomic E-state index is -0.183. The van der Waals surface area contributed by atoms with Gasteiger partial charge in [-0.05, 0) is 52.9 Å². The Morgan fingerprint density at radius 2 is 1.34 bits per heavy atom. The van der Waals surface area contributed by atoms with Crippen LogP contribution in [0.4, 0.5) is 0 Å². The molecule has 32 heavy (non-hydrogen) atoms. The highest BCUT2D eigenvalue weighted by Crippen LogP contribution is 2.27. The molecule has 0 saturated heterocycles. The van der Waals surface area contributed by atoms with Crippen LogP contribution in [0.3, 0.4) is 0 Å². The second kappa shape index (κ2) is 10.3. The van der Waals surface area contributed by atoms with Crippen molar-refractivity contribution < 1.29 is 14.3 Å². The molecule has 4 aromatic rings. The standard InChI is InChI=1S/C25H24N4O3/c1-2-31-24(30)4-3-17-32-23-15-13-21(14-16-23)19-7-5-18(6-8-19)20-9-11-22(12-10-20)25-26-28-29-27-25/h5-16H,2-4,17H2,1H3,(H,26,27,28,29). The van der Waals surface area contributed by atoms with Crippen LogP contribution in [-0.4, -0.2) is 39.8 Å². The van der Waals surface area contributed by atoms with Crippen molar-refractivity contribution >= 4 is 5.97 Å². The zero-order chi connectivity index (χ0) is 22.2. The lowest BCUT2D eigenvalue weighted by molar-refractivity contribution is -0.143. The first-order valence-electron chi connectivity index (χ1n) is 10.6. The van der Waals surface area contributed by atoms with Crippen LogP contribution in [0.15, 0.2) is 72.8 Å². The van der Waals surface area contributed by atoms with Gasteiger partial charge in [-0.3, -0.25) is 4.79 Å². The number of hydrogen-bond donors (Lipinski definition) is 1. The number of benzene rings is 3. The van der Waals surface area contributed by atoms with Gasteiger partial charge in [-0.15, -0.1) is 10.2 Å². The normalized spacial score (nSPS) is 10.7. The molecule has 1 N–H and O–H groups in total. The topological polar surface area (TPSA) is 90.0 Å². The van der Waals surface area contributed by atoms with Crippen molar-refractivity contribution in [3.05, 3.63) is 72.8 Å². The van der Waals surface area contributed by atoms with E-state index in [2.05, 4.69) is 57.0 Å². The lowest BCUT2D eigenvalue weighted by Crippen LogP contribution is -2.06. The second-order valence-corrected chi connectivity index (χ2v) is 7.17. The molecule has 7 nitrogen and oxygen atoms in total. The summed E-state index contributed by atoms with van der Waals surface area (Å²) in [5, 5.41) is 14.1. The van der Waals surface area contributed by atoms with Crippen molar-refractivity contribution in [3.8, 4) is 39.4 Å². The predicted molar refractivity (Wildman–Crippen MR) is 122 cm³/mol. The maximum atomic E-state index is 11.3.